The molecule has 0 spiro atoms. The average Bonchev–Trinajstić information content (AvgIpc) is 2.91. The second-order valence-corrected chi connectivity index (χ2v) is 5.20. The summed E-state index contributed by atoms with van der Waals surface area (Å²) in [7, 11) is 0. The third-order valence-corrected chi connectivity index (χ3v) is 3.51. The predicted molar refractivity (Wildman–Crippen MR) is 75.7 cm³/mol. The maximum absolute atomic E-state index is 12.8. The molecule has 1 amide bonds. The Morgan fingerprint density at radius 2 is 2.05 bits per heavy atom. The number of anilines is 1. The highest BCUT2D eigenvalue weighted by Gasteiger charge is 2.12. The van der Waals surface area contributed by atoms with Crippen molar-refractivity contribution in [2.45, 2.75) is 19.5 Å². The van der Waals surface area contributed by atoms with Gasteiger partial charge in [0.2, 0.25) is 5.91 Å². The van der Waals surface area contributed by atoms with Crippen LogP contribution < -0.4 is 10.6 Å². The topological polar surface area (TPSA) is 41.1 Å². The van der Waals surface area contributed by atoms with Gasteiger partial charge in [0.05, 0.1) is 6.54 Å². The number of carbonyl (C=O) groups is 1. The van der Waals surface area contributed by atoms with Gasteiger partial charge in [-0.25, -0.2) is 4.39 Å². The molecule has 0 saturated carbocycles. The zero-order valence-corrected chi connectivity index (χ0v) is 11.3. The van der Waals surface area contributed by atoms with Crippen molar-refractivity contribution in [3.05, 3.63) is 52.5 Å². The summed E-state index contributed by atoms with van der Waals surface area (Å²) < 4.78 is 12.8. The molecule has 0 radical (unpaired) electrons. The Morgan fingerprint density at radius 1 is 1.32 bits per heavy atom. The van der Waals surface area contributed by atoms with Gasteiger partial charge in [0.1, 0.15) is 11.9 Å². The minimum absolute atomic E-state index is 0.0854. The number of hydrogen-bond donors (Lipinski definition) is 2. The fourth-order valence-corrected chi connectivity index (χ4v) is 2.25. The van der Waals surface area contributed by atoms with Gasteiger partial charge in [0.25, 0.3) is 0 Å². The number of rotatable bonds is 5. The molecule has 19 heavy (non-hydrogen) atoms. The molecule has 0 unspecified atom stereocenters. The van der Waals surface area contributed by atoms with Gasteiger partial charge >= 0.3 is 0 Å². The number of halogens is 1. The van der Waals surface area contributed by atoms with E-state index in [1.165, 1.54) is 12.1 Å². The van der Waals surface area contributed by atoms with Gasteiger partial charge in [-0.1, -0.05) is 6.07 Å². The number of hydrogen-bond acceptors (Lipinski definition) is 3. The summed E-state index contributed by atoms with van der Waals surface area (Å²) in [6.07, 6.45) is 0. The molecule has 5 heteroatoms. The Balaban J connectivity index is 1.83. The van der Waals surface area contributed by atoms with Crippen LogP contribution in [0, 0.1) is 5.82 Å². The minimum atomic E-state index is -0.370. The van der Waals surface area contributed by atoms with Crippen LogP contribution >= 0.6 is 11.3 Å². The van der Waals surface area contributed by atoms with Crippen LogP contribution in [0.3, 0.4) is 0 Å². The molecule has 0 saturated heterocycles. The van der Waals surface area contributed by atoms with Crippen molar-refractivity contribution in [3.63, 3.8) is 0 Å². The third-order valence-electron chi connectivity index (χ3n) is 2.64. The third kappa shape index (κ3) is 4.06. The van der Waals surface area contributed by atoms with Crippen molar-refractivity contribution in [1.29, 1.82) is 0 Å². The smallest absolute Gasteiger partial charge is 0.242 e. The van der Waals surface area contributed by atoms with E-state index in [9.17, 15) is 9.18 Å². The van der Waals surface area contributed by atoms with E-state index in [1.807, 2.05) is 17.5 Å². The number of amides is 1. The van der Waals surface area contributed by atoms with Crippen molar-refractivity contribution in [3.8, 4) is 0 Å². The zero-order chi connectivity index (χ0) is 13.7. The van der Waals surface area contributed by atoms with Crippen LogP contribution in [0.5, 0.6) is 0 Å². The fourth-order valence-electron chi connectivity index (χ4n) is 1.60. The molecule has 0 fully saturated rings. The summed E-state index contributed by atoms with van der Waals surface area (Å²) in [5, 5.41) is 7.85. The molecular weight excluding hydrogens is 263 g/mol. The summed E-state index contributed by atoms with van der Waals surface area (Å²) in [6.45, 7) is 2.30. The highest BCUT2D eigenvalue weighted by Crippen LogP contribution is 2.10. The first-order valence-electron chi connectivity index (χ1n) is 5.97. The first-order valence-corrected chi connectivity index (χ1v) is 6.85. The lowest BCUT2D eigenvalue weighted by atomic mass is 10.2. The van der Waals surface area contributed by atoms with Crippen LogP contribution in [-0.2, 0) is 11.3 Å². The van der Waals surface area contributed by atoms with Gasteiger partial charge in [-0.2, -0.15) is 0 Å². The Bertz CT molecular complexity index is 525. The lowest BCUT2D eigenvalue weighted by Gasteiger charge is -2.14. The largest absolute Gasteiger partial charge is 0.374 e. The Hall–Kier alpha value is -1.88. The molecule has 2 aromatic rings. The van der Waals surface area contributed by atoms with Crippen molar-refractivity contribution < 1.29 is 9.18 Å². The van der Waals surface area contributed by atoms with Crippen molar-refractivity contribution in [1.82, 2.24) is 5.32 Å². The highest BCUT2D eigenvalue weighted by molar-refractivity contribution is 7.09. The molecule has 1 aromatic heterocycles. The fraction of sp³-hybridized carbons (Fsp3) is 0.214. The predicted octanol–water partition coefficient (Wildman–Crippen LogP) is 3.00. The van der Waals surface area contributed by atoms with Crippen LogP contribution in [0.1, 0.15) is 11.8 Å². The molecule has 1 atom stereocenters. The second kappa shape index (κ2) is 6.33. The Labute approximate surface area is 115 Å². The molecule has 0 aliphatic rings. The van der Waals surface area contributed by atoms with E-state index in [4.69, 9.17) is 0 Å². The van der Waals surface area contributed by atoms with E-state index in [1.54, 1.807) is 30.4 Å². The van der Waals surface area contributed by atoms with E-state index >= 15 is 0 Å². The quantitative estimate of drug-likeness (QED) is 0.882. The molecule has 100 valence electrons. The summed E-state index contributed by atoms with van der Waals surface area (Å²) in [4.78, 5) is 13.0. The Kier molecular flexibility index (Phi) is 4.52. The maximum atomic E-state index is 12.8. The van der Waals surface area contributed by atoms with Crippen molar-refractivity contribution in [2.24, 2.45) is 0 Å². The normalized spacial score (nSPS) is 11.9. The van der Waals surface area contributed by atoms with Crippen LogP contribution in [0.25, 0.3) is 0 Å². The van der Waals surface area contributed by atoms with Crippen molar-refractivity contribution in [2.75, 3.05) is 5.32 Å². The van der Waals surface area contributed by atoms with Gasteiger partial charge in [0, 0.05) is 10.6 Å². The van der Waals surface area contributed by atoms with Crippen LogP contribution in [0.2, 0.25) is 0 Å². The lowest BCUT2D eigenvalue weighted by molar-refractivity contribution is -0.121. The lowest BCUT2D eigenvalue weighted by Crippen LogP contribution is -2.37. The molecule has 2 N–H and O–H groups in total. The summed E-state index contributed by atoms with van der Waals surface area (Å²) >= 11 is 1.61. The molecule has 0 aliphatic heterocycles. The monoisotopic (exact) mass is 278 g/mol. The van der Waals surface area contributed by atoms with Crippen LogP contribution in [0.4, 0.5) is 10.1 Å². The molecule has 0 aliphatic carbocycles. The summed E-state index contributed by atoms with van der Waals surface area (Å²) in [5.41, 5.74) is 0.722. The van der Waals surface area contributed by atoms with Crippen molar-refractivity contribution >= 4 is 22.9 Å². The molecule has 1 heterocycles. The number of benzene rings is 1. The van der Waals surface area contributed by atoms with Gasteiger partial charge < -0.3 is 10.6 Å². The average molecular weight is 278 g/mol. The molecule has 0 bridgehead atoms. The Morgan fingerprint density at radius 3 is 2.68 bits per heavy atom. The first kappa shape index (κ1) is 13.5. The molecular formula is C14H15FN2OS. The van der Waals surface area contributed by atoms with E-state index in [0.29, 0.717) is 6.54 Å². The molecule has 1 aromatic carbocycles. The second-order valence-electron chi connectivity index (χ2n) is 4.17. The minimum Gasteiger partial charge on any atom is -0.374 e. The first-order chi connectivity index (χ1) is 9.15. The van der Waals surface area contributed by atoms with E-state index in [0.717, 1.165) is 10.6 Å². The standard InChI is InChI=1S/C14H15FN2OS/c1-10(17-12-6-4-11(15)5-7-12)14(18)16-9-13-3-2-8-19-13/h2-8,10,17H,9H2,1H3,(H,16,18)/t10-/m0/s1. The molecule has 3 nitrogen and oxygen atoms in total. The van der Waals surface area contributed by atoms with Gasteiger partial charge in [-0.3, -0.25) is 4.79 Å². The van der Waals surface area contributed by atoms with E-state index < -0.39 is 0 Å². The van der Waals surface area contributed by atoms with E-state index in [2.05, 4.69) is 10.6 Å². The zero-order valence-electron chi connectivity index (χ0n) is 10.5. The number of carbonyl (C=O) groups excluding carboxylic acids is 1. The SMILES string of the molecule is C[C@H](Nc1ccc(F)cc1)C(=O)NCc1cccs1. The summed E-state index contributed by atoms with van der Waals surface area (Å²) in [5.74, 6) is -0.377. The maximum Gasteiger partial charge on any atom is 0.242 e. The molecule has 2 rings (SSSR count). The number of nitrogens with one attached hydrogen (secondary N) is 2. The highest BCUT2D eigenvalue weighted by atomic mass is 32.1. The van der Waals surface area contributed by atoms with E-state index in [-0.39, 0.29) is 17.8 Å². The van der Waals surface area contributed by atoms with Crippen LogP contribution in [-0.4, -0.2) is 11.9 Å². The summed E-state index contributed by atoms with van der Waals surface area (Å²) in [6, 6.07) is 9.49. The van der Waals surface area contributed by atoms with Gasteiger partial charge in [0.15, 0.2) is 0 Å². The van der Waals surface area contributed by atoms with Gasteiger partial charge in [-0.05, 0) is 42.6 Å². The van der Waals surface area contributed by atoms with Gasteiger partial charge in [-0.15, -0.1) is 11.3 Å². The van der Waals surface area contributed by atoms with Crippen LogP contribution in [0.15, 0.2) is 41.8 Å². The number of thiophene rings is 1.